The lowest BCUT2D eigenvalue weighted by atomic mass is 9.76. The van der Waals surface area contributed by atoms with E-state index in [2.05, 4.69) is 10.5 Å². The van der Waals surface area contributed by atoms with Crippen molar-refractivity contribution in [2.24, 2.45) is 5.84 Å². The highest BCUT2D eigenvalue weighted by Crippen LogP contribution is 2.48. The summed E-state index contributed by atoms with van der Waals surface area (Å²) in [7, 11) is -3.82. The van der Waals surface area contributed by atoms with Crippen LogP contribution < -0.4 is 11.3 Å². The average molecular weight is 616 g/mol. The Balaban J connectivity index is 1.62. The Morgan fingerprint density at radius 3 is 2.60 bits per heavy atom. The number of nitrogens with two attached hydrogens (primary N) is 1. The zero-order valence-corrected chi connectivity index (χ0v) is 24.4. The van der Waals surface area contributed by atoms with E-state index in [-0.39, 0.29) is 17.2 Å². The number of rotatable bonds is 8. The Bertz CT molecular complexity index is 1580. The number of benzene rings is 2. The molecule has 13 heteroatoms. The molecule has 0 unspecified atom stereocenters. The Morgan fingerprint density at radius 2 is 1.88 bits per heavy atom. The first-order chi connectivity index (χ1) is 20.1. The van der Waals surface area contributed by atoms with E-state index in [0.29, 0.717) is 42.5 Å². The number of halogens is 2. The van der Waals surface area contributed by atoms with Crippen molar-refractivity contribution >= 4 is 33.4 Å². The van der Waals surface area contributed by atoms with Crippen LogP contribution in [0.15, 0.2) is 66.9 Å². The summed E-state index contributed by atoms with van der Waals surface area (Å²) in [5, 5.41) is 0.0180. The zero-order chi connectivity index (χ0) is 30.0. The lowest BCUT2D eigenvalue weighted by molar-refractivity contribution is -0.138. The molecule has 1 aliphatic carbocycles. The molecule has 0 spiro atoms. The maximum Gasteiger partial charge on any atom is 0.255 e. The number of hydrazine groups is 1. The number of hydroxylamine groups is 1. The lowest BCUT2D eigenvalue weighted by Gasteiger charge is -2.50. The monoisotopic (exact) mass is 615 g/mol. The van der Waals surface area contributed by atoms with E-state index in [1.54, 1.807) is 48.7 Å². The van der Waals surface area contributed by atoms with Crippen molar-refractivity contribution in [2.45, 2.75) is 56.3 Å². The molecule has 1 saturated carbocycles. The van der Waals surface area contributed by atoms with Gasteiger partial charge in [-0.2, -0.15) is 0 Å². The number of carbonyl (C=O) groups excluding carboxylic acids is 2. The number of nitrogens with zero attached hydrogens (tertiary/aromatic N) is 3. The van der Waals surface area contributed by atoms with E-state index in [0.717, 1.165) is 16.7 Å². The molecule has 2 aromatic carbocycles. The van der Waals surface area contributed by atoms with Crippen LogP contribution in [-0.4, -0.2) is 52.9 Å². The number of pyridine rings is 1. The third kappa shape index (κ3) is 6.04. The molecular formula is C29H31ClFN5O5S. The van der Waals surface area contributed by atoms with Crippen LogP contribution in [-0.2, 0) is 26.3 Å². The maximum atomic E-state index is 14.3. The molecule has 1 aromatic heterocycles. The van der Waals surface area contributed by atoms with Gasteiger partial charge in [-0.15, -0.1) is 4.41 Å². The number of sulfonamides is 1. The first-order valence-electron chi connectivity index (χ1n) is 13.5. The summed E-state index contributed by atoms with van der Waals surface area (Å²) in [6.07, 6.45) is 4.87. The highest BCUT2D eigenvalue weighted by molar-refractivity contribution is 7.88. The van der Waals surface area contributed by atoms with Crippen molar-refractivity contribution in [1.82, 2.24) is 19.8 Å². The van der Waals surface area contributed by atoms with Gasteiger partial charge < -0.3 is 4.90 Å². The van der Waals surface area contributed by atoms with E-state index in [1.807, 2.05) is 0 Å². The molecule has 0 saturated heterocycles. The number of fused-ring (bicyclic) bond motifs is 1. The first-order valence-corrected chi connectivity index (χ1v) is 15.7. The minimum absolute atomic E-state index is 0.00719. The number of hydrogen-bond donors (Lipinski definition) is 2. The molecule has 222 valence electrons. The topological polar surface area (TPSA) is 135 Å². The van der Waals surface area contributed by atoms with Gasteiger partial charge in [0.25, 0.3) is 11.8 Å². The minimum Gasteiger partial charge on any atom is -0.326 e. The van der Waals surface area contributed by atoms with Crippen molar-refractivity contribution in [1.29, 1.82) is 0 Å². The van der Waals surface area contributed by atoms with Crippen LogP contribution in [0.1, 0.15) is 64.8 Å². The van der Waals surface area contributed by atoms with Gasteiger partial charge in [0.1, 0.15) is 12.4 Å². The van der Waals surface area contributed by atoms with Crippen LogP contribution in [0.5, 0.6) is 0 Å². The summed E-state index contributed by atoms with van der Waals surface area (Å²) in [5.41, 5.74) is 4.14. The maximum absolute atomic E-state index is 14.3. The molecule has 3 aromatic rings. The average Bonchev–Trinajstić information content (AvgIpc) is 2.97. The normalized spacial score (nSPS) is 22.6. The van der Waals surface area contributed by atoms with Crippen molar-refractivity contribution in [3.8, 4) is 0 Å². The Hall–Kier alpha value is -3.42. The van der Waals surface area contributed by atoms with Crippen molar-refractivity contribution in [2.75, 3.05) is 6.26 Å². The van der Waals surface area contributed by atoms with Crippen LogP contribution in [0.4, 0.5) is 4.39 Å². The Kier molecular flexibility index (Phi) is 8.90. The van der Waals surface area contributed by atoms with Crippen LogP contribution in [0.2, 0.25) is 5.02 Å². The molecular weight excluding hydrogens is 585 g/mol. The van der Waals surface area contributed by atoms with E-state index in [9.17, 15) is 22.4 Å². The summed E-state index contributed by atoms with van der Waals surface area (Å²) < 4.78 is 40.1. The second-order valence-corrected chi connectivity index (χ2v) is 12.8. The highest BCUT2D eigenvalue weighted by Gasteiger charge is 2.50. The summed E-state index contributed by atoms with van der Waals surface area (Å²) in [6, 6.07) is 13.3. The number of amides is 2. The summed E-state index contributed by atoms with van der Waals surface area (Å²) in [4.78, 5) is 39.5. The lowest BCUT2D eigenvalue weighted by Crippen LogP contribution is -2.61. The molecule has 4 atom stereocenters. The van der Waals surface area contributed by atoms with E-state index >= 15 is 0 Å². The van der Waals surface area contributed by atoms with Gasteiger partial charge >= 0.3 is 0 Å². The summed E-state index contributed by atoms with van der Waals surface area (Å²) in [6.45, 7) is -0.00719. The van der Waals surface area contributed by atoms with Gasteiger partial charge in [-0.05, 0) is 54.3 Å². The largest absolute Gasteiger partial charge is 0.326 e. The molecule has 42 heavy (non-hydrogen) atoms. The van der Waals surface area contributed by atoms with E-state index < -0.39 is 51.7 Å². The predicted molar refractivity (Wildman–Crippen MR) is 154 cm³/mol. The van der Waals surface area contributed by atoms with Gasteiger partial charge in [0, 0.05) is 16.8 Å². The van der Waals surface area contributed by atoms with Crippen molar-refractivity contribution < 1.29 is 27.2 Å². The fraction of sp³-hybridized carbons (Fsp3) is 0.345. The van der Waals surface area contributed by atoms with Crippen LogP contribution >= 0.6 is 11.6 Å². The third-order valence-electron chi connectivity index (χ3n) is 7.82. The van der Waals surface area contributed by atoms with Gasteiger partial charge in [-0.1, -0.05) is 54.8 Å². The van der Waals surface area contributed by atoms with Crippen LogP contribution in [0, 0.1) is 5.82 Å². The molecule has 0 radical (unpaired) electrons. The standard InChI is InChI=1S/C29H31ClFN5O5S/c1-42(39,40)36(32)25-12-5-4-11-24(25)35-27(22-14-13-18(31)16-23(22)30)26(20-9-2-3-10-21(20)29(35)38)28(37)34-41-17-19-8-6-7-15-33-19/h2-3,6-10,13-16,24-27H,4-5,11-12,17,32H2,1H3,(H,34,37)/t24-,25-,26-,27+/m1/s1. The van der Waals surface area contributed by atoms with E-state index in [1.165, 1.54) is 17.0 Å². The van der Waals surface area contributed by atoms with Crippen molar-refractivity contribution in [3.63, 3.8) is 0 Å². The molecule has 2 amide bonds. The molecule has 1 fully saturated rings. The molecule has 5 rings (SSSR count). The van der Waals surface area contributed by atoms with Gasteiger partial charge in [-0.3, -0.25) is 25.3 Å². The smallest absolute Gasteiger partial charge is 0.255 e. The molecule has 3 N–H and O–H groups in total. The van der Waals surface area contributed by atoms with Crippen LogP contribution in [0.3, 0.4) is 0 Å². The number of carbonyl (C=O) groups is 2. The Morgan fingerprint density at radius 1 is 1.14 bits per heavy atom. The molecule has 2 heterocycles. The second-order valence-electron chi connectivity index (χ2n) is 10.5. The Labute approximate surface area is 248 Å². The molecule has 10 nitrogen and oxygen atoms in total. The van der Waals surface area contributed by atoms with Gasteiger partial charge in [-0.25, -0.2) is 18.3 Å². The number of nitrogens with one attached hydrogen (secondary N) is 1. The SMILES string of the molecule is CS(=O)(=O)N(N)[C@@H]1CCCC[C@H]1N1C(=O)c2ccccc2[C@@H](C(=O)NOCc2ccccn2)[C@@H]1c1ccc(F)cc1Cl. The summed E-state index contributed by atoms with van der Waals surface area (Å²) in [5.74, 6) is 3.53. The quantitative estimate of drug-likeness (QED) is 0.290. The van der Waals surface area contributed by atoms with Gasteiger partial charge in [0.05, 0.1) is 36.0 Å². The van der Waals surface area contributed by atoms with E-state index in [4.69, 9.17) is 22.3 Å². The predicted octanol–water partition coefficient (Wildman–Crippen LogP) is 3.85. The van der Waals surface area contributed by atoms with Crippen molar-refractivity contribution in [3.05, 3.63) is 100 Å². The third-order valence-corrected chi connectivity index (χ3v) is 9.18. The fourth-order valence-corrected chi connectivity index (χ4v) is 6.98. The minimum atomic E-state index is -3.82. The first kappa shape index (κ1) is 30.1. The fourth-order valence-electron chi connectivity index (χ4n) is 5.96. The number of hydrogen-bond acceptors (Lipinski definition) is 7. The summed E-state index contributed by atoms with van der Waals surface area (Å²) >= 11 is 6.59. The molecule has 2 aliphatic rings. The second kappa shape index (κ2) is 12.4. The van der Waals surface area contributed by atoms with Gasteiger partial charge in [0.2, 0.25) is 10.0 Å². The molecule has 0 bridgehead atoms. The molecule has 1 aliphatic heterocycles. The van der Waals surface area contributed by atoms with Crippen LogP contribution in [0.25, 0.3) is 0 Å². The highest BCUT2D eigenvalue weighted by atomic mass is 35.5. The number of aromatic nitrogens is 1. The zero-order valence-electron chi connectivity index (χ0n) is 22.8. The van der Waals surface area contributed by atoms with Gasteiger partial charge in [0.15, 0.2) is 0 Å².